The Bertz CT molecular complexity index is 483. The van der Waals surface area contributed by atoms with Crippen molar-refractivity contribution in [3.63, 3.8) is 0 Å². The molecule has 0 amide bonds. The summed E-state index contributed by atoms with van der Waals surface area (Å²) in [5.74, 6) is -0.395. The molecular formula is C14H16FN3. The van der Waals surface area contributed by atoms with Crippen molar-refractivity contribution in [3.8, 4) is 12.1 Å². The van der Waals surface area contributed by atoms with Crippen molar-refractivity contribution < 1.29 is 4.39 Å². The van der Waals surface area contributed by atoms with Crippen LogP contribution in [0.1, 0.15) is 31.4 Å². The summed E-state index contributed by atoms with van der Waals surface area (Å²) in [5, 5.41) is 17.4. The van der Waals surface area contributed by atoms with Crippen LogP contribution in [0.15, 0.2) is 18.2 Å². The minimum absolute atomic E-state index is 0.271. The number of nitriles is 2. The molecule has 18 heavy (non-hydrogen) atoms. The summed E-state index contributed by atoms with van der Waals surface area (Å²) in [5.41, 5.74) is 1.09. The number of rotatable bonds is 5. The van der Waals surface area contributed by atoms with Crippen molar-refractivity contribution in [1.82, 2.24) is 4.90 Å². The molecule has 0 aliphatic heterocycles. The average Bonchev–Trinajstić information content (AvgIpc) is 2.33. The van der Waals surface area contributed by atoms with E-state index in [1.54, 1.807) is 6.07 Å². The molecule has 4 heteroatoms. The predicted octanol–water partition coefficient (Wildman–Crippen LogP) is 2.82. The molecular weight excluding hydrogens is 229 g/mol. The number of benzene rings is 1. The maximum Gasteiger partial charge on any atom is 0.124 e. The van der Waals surface area contributed by atoms with Crippen LogP contribution in [0.3, 0.4) is 0 Å². The zero-order valence-corrected chi connectivity index (χ0v) is 10.7. The van der Waals surface area contributed by atoms with Crippen LogP contribution in [0.4, 0.5) is 4.39 Å². The second-order valence-corrected chi connectivity index (χ2v) is 4.43. The van der Waals surface area contributed by atoms with Crippen LogP contribution in [0.25, 0.3) is 0 Å². The first-order valence-electron chi connectivity index (χ1n) is 5.87. The molecule has 0 saturated carbocycles. The summed E-state index contributed by atoms with van der Waals surface area (Å²) in [6.07, 6.45) is 0.443. The zero-order chi connectivity index (χ0) is 13.5. The Hall–Kier alpha value is -1.91. The van der Waals surface area contributed by atoms with E-state index in [0.717, 1.165) is 5.56 Å². The van der Waals surface area contributed by atoms with Gasteiger partial charge in [0.05, 0.1) is 17.7 Å². The lowest BCUT2D eigenvalue weighted by atomic mass is 10.1. The Balaban J connectivity index is 2.84. The molecule has 0 aliphatic rings. The van der Waals surface area contributed by atoms with E-state index in [9.17, 15) is 4.39 Å². The maximum atomic E-state index is 13.3. The lowest BCUT2D eigenvalue weighted by molar-refractivity contribution is 0.217. The van der Waals surface area contributed by atoms with Crippen molar-refractivity contribution >= 4 is 0 Å². The molecule has 1 aromatic rings. The number of hydrogen-bond donors (Lipinski definition) is 0. The van der Waals surface area contributed by atoms with Gasteiger partial charge >= 0.3 is 0 Å². The second kappa shape index (κ2) is 6.74. The van der Waals surface area contributed by atoms with Crippen molar-refractivity contribution in [2.45, 2.75) is 32.9 Å². The lowest BCUT2D eigenvalue weighted by Gasteiger charge is -2.25. The third-order valence-electron chi connectivity index (χ3n) is 2.71. The SMILES string of the molecule is CC(C)N(CCC#N)Cc1cc(F)cc(C#N)c1. The minimum Gasteiger partial charge on any atom is -0.296 e. The van der Waals surface area contributed by atoms with Crippen LogP contribution in [0, 0.1) is 28.5 Å². The first-order valence-corrected chi connectivity index (χ1v) is 5.87. The molecule has 0 saturated heterocycles. The monoisotopic (exact) mass is 245 g/mol. The Kier molecular flexibility index (Phi) is 5.30. The quantitative estimate of drug-likeness (QED) is 0.801. The highest BCUT2D eigenvalue weighted by Crippen LogP contribution is 2.13. The second-order valence-electron chi connectivity index (χ2n) is 4.43. The van der Waals surface area contributed by atoms with E-state index < -0.39 is 5.82 Å². The van der Waals surface area contributed by atoms with Crippen molar-refractivity contribution in [2.75, 3.05) is 6.54 Å². The molecule has 0 spiro atoms. The molecule has 94 valence electrons. The van der Waals surface area contributed by atoms with Gasteiger partial charge in [0, 0.05) is 25.6 Å². The van der Waals surface area contributed by atoms with Gasteiger partial charge in [-0.05, 0) is 37.6 Å². The third kappa shape index (κ3) is 4.16. The summed E-state index contributed by atoms with van der Waals surface area (Å²) in [4.78, 5) is 2.08. The first kappa shape index (κ1) is 14.2. The highest BCUT2D eigenvalue weighted by molar-refractivity contribution is 5.33. The highest BCUT2D eigenvalue weighted by Gasteiger charge is 2.11. The van der Waals surface area contributed by atoms with Crippen molar-refractivity contribution in [3.05, 3.63) is 35.1 Å². The Morgan fingerprint density at radius 1 is 1.28 bits per heavy atom. The predicted molar refractivity (Wildman–Crippen MR) is 66.9 cm³/mol. The third-order valence-corrected chi connectivity index (χ3v) is 2.71. The summed E-state index contributed by atoms with van der Waals surface area (Å²) in [6.45, 7) is 5.25. The van der Waals surface area contributed by atoms with Gasteiger partial charge in [-0.1, -0.05) is 0 Å². The first-order chi connectivity index (χ1) is 8.56. The van der Waals surface area contributed by atoms with E-state index in [1.165, 1.54) is 12.1 Å². The van der Waals surface area contributed by atoms with Gasteiger partial charge in [0.25, 0.3) is 0 Å². The van der Waals surface area contributed by atoms with Gasteiger partial charge in [0.15, 0.2) is 0 Å². The van der Waals surface area contributed by atoms with E-state index in [0.29, 0.717) is 25.1 Å². The largest absolute Gasteiger partial charge is 0.296 e. The summed E-state index contributed by atoms with van der Waals surface area (Å²) in [7, 11) is 0. The van der Waals surface area contributed by atoms with E-state index in [1.807, 2.05) is 19.9 Å². The van der Waals surface area contributed by atoms with E-state index >= 15 is 0 Å². The van der Waals surface area contributed by atoms with Gasteiger partial charge in [0.2, 0.25) is 0 Å². The standard InChI is InChI=1S/C14H16FN3/c1-11(2)18(5-3-4-16)10-13-6-12(9-17)7-14(15)8-13/h6-8,11H,3,5,10H2,1-2H3. The van der Waals surface area contributed by atoms with Crippen LogP contribution >= 0.6 is 0 Å². The Morgan fingerprint density at radius 3 is 2.56 bits per heavy atom. The fraction of sp³-hybridized carbons (Fsp3) is 0.429. The van der Waals surface area contributed by atoms with Gasteiger partial charge < -0.3 is 0 Å². The molecule has 0 unspecified atom stereocenters. The van der Waals surface area contributed by atoms with Crippen molar-refractivity contribution in [1.29, 1.82) is 10.5 Å². The Labute approximate surface area is 107 Å². The molecule has 0 atom stereocenters. The summed E-state index contributed by atoms with van der Waals surface area (Å²) < 4.78 is 13.3. The average molecular weight is 245 g/mol. The van der Waals surface area contributed by atoms with Crippen LogP contribution in [-0.2, 0) is 6.54 Å². The van der Waals surface area contributed by atoms with Crippen LogP contribution in [0.5, 0.6) is 0 Å². The van der Waals surface area contributed by atoms with Gasteiger partial charge in [-0.2, -0.15) is 10.5 Å². The topological polar surface area (TPSA) is 50.8 Å². The van der Waals surface area contributed by atoms with Gasteiger partial charge in [-0.25, -0.2) is 4.39 Å². The van der Waals surface area contributed by atoms with Gasteiger partial charge in [0.1, 0.15) is 5.82 Å². The van der Waals surface area contributed by atoms with E-state index in [-0.39, 0.29) is 6.04 Å². The minimum atomic E-state index is -0.395. The zero-order valence-electron chi connectivity index (χ0n) is 10.7. The summed E-state index contributed by atoms with van der Waals surface area (Å²) >= 11 is 0. The van der Waals surface area contributed by atoms with E-state index in [2.05, 4.69) is 11.0 Å². The molecule has 0 radical (unpaired) electrons. The lowest BCUT2D eigenvalue weighted by Crippen LogP contribution is -2.31. The molecule has 0 heterocycles. The highest BCUT2D eigenvalue weighted by atomic mass is 19.1. The molecule has 0 bridgehead atoms. The number of hydrogen-bond acceptors (Lipinski definition) is 3. The number of halogens is 1. The normalized spacial score (nSPS) is 10.4. The molecule has 1 aromatic carbocycles. The fourth-order valence-electron chi connectivity index (χ4n) is 1.75. The van der Waals surface area contributed by atoms with E-state index in [4.69, 9.17) is 10.5 Å². The molecule has 1 rings (SSSR count). The molecule has 3 nitrogen and oxygen atoms in total. The number of nitrogens with zero attached hydrogens (tertiary/aromatic N) is 3. The van der Waals surface area contributed by atoms with Gasteiger partial charge in [-0.3, -0.25) is 4.90 Å². The molecule has 0 aromatic heterocycles. The van der Waals surface area contributed by atoms with Gasteiger partial charge in [-0.15, -0.1) is 0 Å². The molecule has 0 fully saturated rings. The molecule has 0 N–H and O–H groups in total. The van der Waals surface area contributed by atoms with Crippen LogP contribution in [-0.4, -0.2) is 17.5 Å². The van der Waals surface area contributed by atoms with Crippen LogP contribution in [0.2, 0.25) is 0 Å². The van der Waals surface area contributed by atoms with Crippen LogP contribution < -0.4 is 0 Å². The smallest absolute Gasteiger partial charge is 0.124 e. The van der Waals surface area contributed by atoms with Crippen molar-refractivity contribution in [2.24, 2.45) is 0 Å². The summed E-state index contributed by atoms with van der Waals surface area (Å²) in [6, 6.07) is 8.66. The Morgan fingerprint density at radius 2 is 2.00 bits per heavy atom. The molecule has 0 aliphatic carbocycles. The fourth-order valence-corrected chi connectivity index (χ4v) is 1.75. The maximum absolute atomic E-state index is 13.3.